The lowest BCUT2D eigenvalue weighted by atomic mass is 9.97. The van der Waals surface area contributed by atoms with Crippen LogP contribution in [0.2, 0.25) is 0 Å². The molecule has 1 N–H and O–H groups in total. The summed E-state index contributed by atoms with van der Waals surface area (Å²) in [4.78, 5) is 32.2. The van der Waals surface area contributed by atoms with Crippen molar-refractivity contribution >= 4 is 23.1 Å². The van der Waals surface area contributed by atoms with Crippen LogP contribution in [0.5, 0.6) is 11.5 Å². The number of pyridine rings is 1. The zero-order valence-corrected chi connectivity index (χ0v) is 17.5. The molecular formula is C25H20N2O5. The van der Waals surface area contributed by atoms with Gasteiger partial charge in [-0.25, -0.2) is 0 Å². The summed E-state index contributed by atoms with van der Waals surface area (Å²) in [7, 11) is 0. The zero-order valence-electron chi connectivity index (χ0n) is 17.5. The zero-order chi connectivity index (χ0) is 22.4. The Hall–Kier alpha value is -4.13. The summed E-state index contributed by atoms with van der Waals surface area (Å²) >= 11 is 0. The van der Waals surface area contributed by atoms with E-state index in [1.807, 2.05) is 32.0 Å². The summed E-state index contributed by atoms with van der Waals surface area (Å²) in [6.45, 7) is 3.94. The molecule has 5 rings (SSSR count). The average molecular weight is 428 g/mol. The van der Waals surface area contributed by atoms with Gasteiger partial charge in [0.1, 0.15) is 11.8 Å². The second-order valence-corrected chi connectivity index (χ2v) is 7.84. The minimum Gasteiger partial charge on any atom is -0.507 e. The van der Waals surface area contributed by atoms with Gasteiger partial charge in [0.25, 0.3) is 11.7 Å². The molecule has 7 nitrogen and oxygen atoms in total. The monoisotopic (exact) mass is 428 g/mol. The van der Waals surface area contributed by atoms with Crippen molar-refractivity contribution in [1.82, 2.24) is 4.98 Å². The quantitative estimate of drug-likeness (QED) is 0.385. The molecule has 2 aromatic carbocycles. The number of aryl methyl sites for hydroxylation is 2. The van der Waals surface area contributed by atoms with Crippen LogP contribution in [0.25, 0.3) is 5.76 Å². The van der Waals surface area contributed by atoms with Crippen LogP contribution in [0.15, 0.2) is 66.4 Å². The highest BCUT2D eigenvalue weighted by molar-refractivity contribution is 6.51. The molecule has 7 heteroatoms. The third-order valence-corrected chi connectivity index (χ3v) is 5.54. The van der Waals surface area contributed by atoms with Crippen LogP contribution in [0.1, 0.15) is 28.4 Å². The van der Waals surface area contributed by atoms with Gasteiger partial charge >= 0.3 is 0 Å². The first-order valence-corrected chi connectivity index (χ1v) is 10.1. The van der Waals surface area contributed by atoms with Crippen LogP contribution >= 0.6 is 0 Å². The number of rotatable bonds is 3. The number of ketones is 1. The van der Waals surface area contributed by atoms with Crippen LogP contribution in [0.3, 0.4) is 0 Å². The molecule has 1 saturated heterocycles. The van der Waals surface area contributed by atoms with E-state index in [1.54, 1.807) is 42.6 Å². The van der Waals surface area contributed by atoms with Gasteiger partial charge in [0.15, 0.2) is 11.5 Å². The lowest BCUT2D eigenvalue weighted by Crippen LogP contribution is -2.30. The molecule has 0 saturated carbocycles. The molecule has 1 amide bonds. The number of aromatic nitrogens is 1. The van der Waals surface area contributed by atoms with Crippen molar-refractivity contribution in [2.45, 2.75) is 19.9 Å². The number of carbonyl (C=O) groups excluding carboxylic acids is 2. The second-order valence-electron chi connectivity index (χ2n) is 7.84. The molecule has 0 radical (unpaired) electrons. The number of amides is 1. The van der Waals surface area contributed by atoms with E-state index in [1.165, 1.54) is 4.90 Å². The lowest BCUT2D eigenvalue weighted by molar-refractivity contribution is -0.132. The predicted octanol–water partition coefficient (Wildman–Crippen LogP) is 4.05. The first kappa shape index (κ1) is 19.8. The number of nitrogens with zero attached hydrogens (tertiary/aromatic N) is 2. The van der Waals surface area contributed by atoms with E-state index in [2.05, 4.69) is 4.98 Å². The molecule has 1 aromatic heterocycles. The van der Waals surface area contributed by atoms with Gasteiger partial charge in [0.2, 0.25) is 6.79 Å². The van der Waals surface area contributed by atoms with E-state index in [0.29, 0.717) is 28.4 Å². The van der Waals surface area contributed by atoms with Crippen LogP contribution in [0, 0.1) is 13.8 Å². The minimum absolute atomic E-state index is 0.0216. The number of hydrogen-bond acceptors (Lipinski definition) is 6. The Morgan fingerprint density at radius 1 is 1.00 bits per heavy atom. The van der Waals surface area contributed by atoms with Crippen LogP contribution < -0.4 is 14.4 Å². The highest BCUT2D eigenvalue weighted by atomic mass is 16.7. The van der Waals surface area contributed by atoms with Gasteiger partial charge in [-0.2, -0.15) is 0 Å². The van der Waals surface area contributed by atoms with Crippen LogP contribution in [-0.2, 0) is 9.59 Å². The second kappa shape index (κ2) is 7.53. The Morgan fingerprint density at radius 3 is 2.47 bits per heavy atom. The number of aliphatic hydroxyl groups is 1. The molecule has 3 aromatic rings. The molecule has 160 valence electrons. The molecular weight excluding hydrogens is 408 g/mol. The summed E-state index contributed by atoms with van der Waals surface area (Å²) in [6, 6.07) is 15.0. The number of ether oxygens (including phenoxy) is 2. The van der Waals surface area contributed by atoms with E-state index < -0.39 is 17.7 Å². The molecule has 0 bridgehead atoms. The van der Waals surface area contributed by atoms with Gasteiger partial charge in [-0.3, -0.25) is 19.5 Å². The van der Waals surface area contributed by atoms with Gasteiger partial charge in [-0.05, 0) is 67.4 Å². The number of Topliss-reactive ketones (excluding diaryl/α,β-unsaturated/α-hetero) is 1. The van der Waals surface area contributed by atoms with Gasteiger partial charge in [0, 0.05) is 17.4 Å². The first-order chi connectivity index (χ1) is 15.4. The molecule has 1 fully saturated rings. The van der Waals surface area contributed by atoms with Gasteiger partial charge in [-0.15, -0.1) is 0 Å². The number of anilines is 1. The highest BCUT2D eigenvalue weighted by Gasteiger charge is 2.47. The Labute approximate surface area is 184 Å². The minimum atomic E-state index is -0.872. The lowest BCUT2D eigenvalue weighted by Gasteiger charge is -2.25. The third-order valence-electron chi connectivity index (χ3n) is 5.54. The fraction of sp³-hybridized carbons (Fsp3) is 0.160. The fourth-order valence-electron chi connectivity index (χ4n) is 4.21. The maximum absolute atomic E-state index is 13.2. The van der Waals surface area contributed by atoms with Crippen molar-refractivity contribution in [3.8, 4) is 11.5 Å². The van der Waals surface area contributed by atoms with Crippen LogP contribution in [-0.4, -0.2) is 28.6 Å². The number of carbonyl (C=O) groups is 2. The summed E-state index contributed by atoms with van der Waals surface area (Å²) < 4.78 is 10.7. The summed E-state index contributed by atoms with van der Waals surface area (Å²) in [5.41, 5.74) is 3.30. The molecule has 1 unspecified atom stereocenters. The van der Waals surface area contributed by atoms with E-state index in [0.717, 1.165) is 11.1 Å². The maximum atomic E-state index is 13.2. The van der Waals surface area contributed by atoms with Crippen molar-refractivity contribution < 1.29 is 24.2 Å². The smallest absolute Gasteiger partial charge is 0.300 e. The largest absolute Gasteiger partial charge is 0.507 e. The van der Waals surface area contributed by atoms with E-state index in [9.17, 15) is 14.7 Å². The number of hydrogen-bond donors (Lipinski definition) is 1. The number of aliphatic hydroxyl groups excluding tert-OH is 1. The SMILES string of the molecule is Cc1cc(C)cc(N2C(=O)C(=O)/C(=C(\O)c3ccc4c(c3)OCO4)C2c2ccccn2)c1. The van der Waals surface area contributed by atoms with Gasteiger partial charge in [-0.1, -0.05) is 12.1 Å². The number of benzene rings is 2. The molecule has 2 aliphatic rings. The molecule has 32 heavy (non-hydrogen) atoms. The van der Waals surface area contributed by atoms with Crippen LogP contribution in [0.4, 0.5) is 5.69 Å². The van der Waals surface area contributed by atoms with Crippen molar-refractivity contribution in [3.05, 3.63) is 88.8 Å². The number of fused-ring (bicyclic) bond motifs is 1. The van der Waals surface area contributed by atoms with E-state index >= 15 is 0 Å². The standard InChI is InChI=1S/C25H20N2O5/c1-14-9-15(2)11-17(10-14)27-22(18-5-3-4-8-26-18)21(24(29)25(27)30)23(28)16-6-7-19-20(12-16)32-13-31-19/h3-12,22,28H,13H2,1-2H3/b23-21-. The van der Waals surface area contributed by atoms with Crippen molar-refractivity contribution in [2.24, 2.45) is 0 Å². The van der Waals surface area contributed by atoms with Crippen molar-refractivity contribution in [2.75, 3.05) is 11.7 Å². The molecule has 3 heterocycles. The predicted molar refractivity (Wildman–Crippen MR) is 118 cm³/mol. The first-order valence-electron chi connectivity index (χ1n) is 10.1. The Bertz CT molecular complexity index is 1260. The Kier molecular flexibility index (Phi) is 4.66. The topological polar surface area (TPSA) is 89.0 Å². The van der Waals surface area contributed by atoms with E-state index in [4.69, 9.17) is 9.47 Å². The Balaban J connectivity index is 1.71. The normalized spacial score (nSPS) is 18.9. The van der Waals surface area contributed by atoms with Gasteiger partial charge < -0.3 is 14.6 Å². The Morgan fingerprint density at radius 2 is 1.75 bits per heavy atom. The maximum Gasteiger partial charge on any atom is 0.300 e. The summed E-state index contributed by atoms with van der Waals surface area (Å²) in [6.07, 6.45) is 1.59. The average Bonchev–Trinajstić information content (AvgIpc) is 3.35. The molecule has 0 spiro atoms. The third kappa shape index (κ3) is 3.19. The van der Waals surface area contributed by atoms with Crippen molar-refractivity contribution in [1.29, 1.82) is 0 Å². The summed E-state index contributed by atoms with van der Waals surface area (Å²) in [5.74, 6) is -0.752. The molecule has 1 atom stereocenters. The van der Waals surface area contributed by atoms with Crippen molar-refractivity contribution in [3.63, 3.8) is 0 Å². The summed E-state index contributed by atoms with van der Waals surface area (Å²) in [5, 5.41) is 11.2. The van der Waals surface area contributed by atoms with Gasteiger partial charge in [0.05, 0.1) is 11.3 Å². The fourth-order valence-corrected chi connectivity index (χ4v) is 4.21. The molecule has 2 aliphatic heterocycles. The van der Waals surface area contributed by atoms with E-state index in [-0.39, 0.29) is 18.1 Å². The molecule has 0 aliphatic carbocycles. The highest BCUT2D eigenvalue weighted by Crippen LogP contribution is 2.43.